The number of methoxy groups -OCH3 is 1. The second-order valence-electron chi connectivity index (χ2n) is 4.38. The van der Waals surface area contributed by atoms with Crippen molar-refractivity contribution < 1.29 is 9.53 Å². The Hall–Kier alpha value is -1.04. The summed E-state index contributed by atoms with van der Waals surface area (Å²) < 4.78 is 6.88. The first-order valence-electron chi connectivity index (χ1n) is 6.03. The molecule has 0 atom stereocenters. The summed E-state index contributed by atoms with van der Waals surface area (Å²) in [6.07, 6.45) is 0. The maximum absolute atomic E-state index is 12.4. The molecule has 0 heterocycles. The van der Waals surface area contributed by atoms with Gasteiger partial charge < -0.3 is 10.1 Å². The van der Waals surface area contributed by atoms with Crippen LogP contribution in [0, 0.1) is 6.92 Å². The van der Waals surface area contributed by atoms with Crippen LogP contribution in [-0.4, -0.2) is 13.0 Å². The number of benzene rings is 2. The van der Waals surface area contributed by atoms with Crippen molar-refractivity contribution in [1.29, 1.82) is 0 Å². The van der Waals surface area contributed by atoms with E-state index in [9.17, 15) is 4.79 Å². The lowest BCUT2D eigenvalue weighted by molar-refractivity contribution is 0.102. The van der Waals surface area contributed by atoms with Crippen LogP contribution in [-0.2, 0) is 0 Å². The first-order chi connectivity index (χ1) is 9.92. The third-order valence-electron chi connectivity index (χ3n) is 2.90. The van der Waals surface area contributed by atoms with Gasteiger partial charge in [0, 0.05) is 14.0 Å². The van der Waals surface area contributed by atoms with Gasteiger partial charge in [0.25, 0.3) is 5.91 Å². The van der Waals surface area contributed by atoms with E-state index < -0.39 is 0 Å². The standard InChI is InChI=1S/C15H12Br2ClNO2/c1-8-5-9(16)6-13(21-2)14(8)19-15(20)11-7-10(18)3-4-12(11)17/h3-7H,1-2H3,(H,19,20). The number of nitrogens with one attached hydrogen (secondary N) is 1. The number of aryl methyl sites for hydroxylation is 1. The van der Waals surface area contributed by atoms with Gasteiger partial charge in [0.15, 0.2) is 0 Å². The zero-order chi connectivity index (χ0) is 15.6. The summed E-state index contributed by atoms with van der Waals surface area (Å²) in [5, 5.41) is 3.37. The average molecular weight is 434 g/mol. The number of halogens is 3. The maximum atomic E-state index is 12.4. The Bertz CT molecular complexity index is 704. The molecule has 0 fully saturated rings. The largest absolute Gasteiger partial charge is 0.495 e. The van der Waals surface area contributed by atoms with Gasteiger partial charge in [-0.1, -0.05) is 27.5 Å². The molecule has 2 aromatic carbocycles. The molecule has 6 heteroatoms. The van der Waals surface area contributed by atoms with Crippen molar-refractivity contribution in [2.45, 2.75) is 6.92 Å². The highest BCUT2D eigenvalue weighted by Crippen LogP contribution is 2.33. The zero-order valence-corrected chi connectivity index (χ0v) is 15.3. The smallest absolute Gasteiger partial charge is 0.256 e. The summed E-state index contributed by atoms with van der Waals surface area (Å²) in [5.74, 6) is 0.335. The highest BCUT2D eigenvalue weighted by atomic mass is 79.9. The molecule has 110 valence electrons. The molecule has 1 amide bonds. The summed E-state index contributed by atoms with van der Waals surface area (Å²) in [4.78, 5) is 12.4. The van der Waals surface area contributed by atoms with Crippen molar-refractivity contribution in [1.82, 2.24) is 0 Å². The first-order valence-corrected chi connectivity index (χ1v) is 7.99. The van der Waals surface area contributed by atoms with E-state index in [2.05, 4.69) is 37.2 Å². The van der Waals surface area contributed by atoms with Crippen LogP contribution in [0.2, 0.25) is 5.02 Å². The van der Waals surface area contributed by atoms with Crippen LogP contribution < -0.4 is 10.1 Å². The van der Waals surface area contributed by atoms with Crippen molar-refractivity contribution in [3.63, 3.8) is 0 Å². The minimum Gasteiger partial charge on any atom is -0.495 e. The van der Waals surface area contributed by atoms with Crippen molar-refractivity contribution in [2.75, 3.05) is 12.4 Å². The number of carbonyl (C=O) groups excluding carboxylic acids is 1. The van der Waals surface area contributed by atoms with E-state index in [0.717, 1.165) is 10.0 Å². The molecule has 2 rings (SSSR count). The van der Waals surface area contributed by atoms with Gasteiger partial charge in [-0.3, -0.25) is 4.79 Å². The van der Waals surface area contributed by atoms with Gasteiger partial charge >= 0.3 is 0 Å². The molecule has 0 spiro atoms. The lowest BCUT2D eigenvalue weighted by Crippen LogP contribution is -2.14. The average Bonchev–Trinajstić information content (AvgIpc) is 2.43. The number of ether oxygens (including phenoxy) is 1. The van der Waals surface area contributed by atoms with Gasteiger partial charge in [0.05, 0.1) is 18.4 Å². The Balaban J connectivity index is 2.38. The molecule has 0 bridgehead atoms. The van der Waals surface area contributed by atoms with E-state index in [-0.39, 0.29) is 5.91 Å². The number of hydrogen-bond donors (Lipinski definition) is 1. The fourth-order valence-corrected chi connectivity index (χ4v) is 3.04. The Morgan fingerprint density at radius 1 is 1.24 bits per heavy atom. The molecule has 1 N–H and O–H groups in total. The number of anilines is 1. The summed E-state index contributed by atoms with van der Waals surface area (Å²) in [6, 6.07) is 8.78. The van der Waals surface area contributed by atoms with E-state index >= 15 is 0 Å². The molecular formula is C15H12Br2ClNO2. The molecule has 0 radical (unpaired) electrons. The topological polar surface area (TPSA) is 38.3 Å². The predicted octanol–water partition coefficient (Wildman–Crippen LogP) is 5.43. The van der Waals surface area contributed by atoms with E-state index in [1.807, 2.05) is 13.0 Å². The summed E-state index contributed by atoms with van der Waals surface area (Å²) in [7, 11) is 1.56. The van der Waals surface area contributed by atoms with Crippen LogP contribution in [0.4, 0.5) is 5.69 Å². The first kappa shape index (κ1) is 16.3. The number of amides is 1. The maximum Gasteiger partial charge on any atom is 0.256 e. The van der Waals surface area contributed by atoms with Crippen LogP contribution in [0.3, 0.4) is 0 Å². The van der Waals surface area contributed by atoms with Crippen LogP contribution in [0.15, 0.2) is 39.3 Å². The molecule has 0 aliphatic heterocycles. The summed E-state index contributed by atoms with van der Waals surface area (Å²) >= 11 is 12.7. The second-order valence-corrected chi connectivity index (χ2v) is 6.58. The van der Waals surface area contributed by atoms with Gasteiger partial charge in [-0.25, -0.2) is 0 Å². The Morgan fingerprint density at radius 3 is 2.62 bits per heavy atom. The minimum atomic E-state index is -0.256. The molecule has 3 nitrogen and oxygen atoms in total. The molecule has 0 aliphatic rings. The van der Waals surface area contributed by atoms with Gasteiger partial charge in [0.2, 0.25) is 0 Å². The summed E-state index contributed by atoms with van der Waals surface area (Å²) in [6.45, 7) is 1.90. The fraction of sp³-hybridized carbons (Fsp3) is 0.133. The molecule has 2 aromatic rings. The van der Waals surface area contributed by atoms with Crippen LogP contribution in [0.25, 0.3) is 0 Å². The lowest BCUT2D eigenvalue weighted by atomic mass is 10.1. The van der Waals surface area contributed by atoms with Crippen LogP contribution in [0.5, 0.6) is 5.75 Å². The van der Waals surface area contributed by atoms with E-state index in [0.29, 0.717) is 26.5 Å². The number of carbonyl (C=O) groups is 1. The van der Waals surface area contributed by atoms with Crippen molar-refractivity contribution in [3.05, 3.63) is 55.4 Å². The highest BCUT2D eigenvalue weighted by molar-refractivity contribution is 9.10. The van der Waals surface area contributed by atoms with E-state index in [1.165, 1.54) is 0 Å². The predicted molar refractivity (Wildman–Crippen MR) is 92.5 cm³/mol. The Labute approximate surface area is 144 Å². The monoisotopic (exact) mass is 431 g/mol. The van der Waals surface area contributed by atoms with Gasteiger partial charge in [0.1, 0.15) is 5.75 Å². The fourth-order valence-electron chi connectivity index (χ4n) is 1.89. The lowest BCUT2D eigenvalue weighted by Gasteiger charge is -2.14. The van der Waals surface area contributed by atoms with Gasteiger partial charge in [-0.15, -0.1) is 0 Å². The zero-order valence-electron chi connectivity index (χ0n) is 11.3. The number of hydrogen-bond acceptors (Lipinski definition) is 2. The molecular weight excluding hydrogens is 421 g/mol. The van der Waals surface area contributed by atoms with Crippen molar-refractivity contribution in [3.8, 4) is 5.75 Å². The minimum absolute atomic E-state index is 0.256. The van der Waals surface area contributed by atoms with Crippen molar-refractivity contribution >= 4 is 55.1 Å². The molecule has 0 aromatic heterocycles. The van der Waals surface area contributed by atoms with Crippen LogP contribution >= 0.6 is 43.5 Å². The van der Waals surface area contributed by atoms with Crippen LogP contribution in [0.1, 0.15) is 15.9 Å². The van der Waals surface area contributed by atoms with Crippen molar-refractivity contribution in [2.24, 2.45) is 0 Å². The van der Waals surface area contributed by atoms with Gasteiger partial charge in [-0.05, 0) is 58.7 Å². The number of rotatable bonds is 3. The molecule has 0 aliphatic carbocycles. The normalized spacial score (nSPS) is 10.3. The highest BCUT2D eigenvalue weighted by Gasteiger charge is 2.15. The quantitative estimate of drug-likeness (QED) is 0.701. The third-order valence-corrected chi connectivity index (χ3v) is 4.28. The third kappa shape index (κ3) is 3.78. The van der Waals surface area contributed by atoms with E-state index in [4.69, 9.17) is 16.3 Å². The summed E-state index contributed by atoms with van der Waals surface area (Å²) in [5.41, 5.74) is 2.00. The molecule has 0 saturated heterocycles. The van der Waals surface area contributed by atoms with E-state index in [1.54, 1.807) is 31.4 Å². The molecule has 21 heavy (non-hydrogen) atoms. The molecule has 0 unspecified atom stereocenters. The Morgan fingerprint density at radius 2 is 1.95 bits per heavy atom. The molecule has 0 saturated carbocycles. The van der Waals surface area contributed by atoms with Gasteiger partial charge in [-0.2, -0.15) is 0 Å². The second kappa shape index (κ2) is 6.81. The Kier molecular flexibility index (Phi) is 5.30. The SMILES string of the molecule is COc1cc(Br)cc(C)c1NC(=O)c1cc(Cl)ccc1Br.